The Labute approximate surface area is 136 Å². The lowest BCUT2D eigenvalue weighted by atomic mass is 10.2. The first kappa shape index (κ1) is 15.0. The predicted octanol–water partition coefficient (Wildman–Crippen LogP) is 4.58. The molecule has 2 aromatic rings. The molecule has 114 valence electrons. The van der Waals surface area contributed by atoms with Crippen LogP contribution in [0.3, 0.4) is 0 Å². The van der Waals surface area contributed by atoms with E-state index in [9.17, 15) is 10.1 Å². The molecule has 1 heterocycles. The van der Waals surface area contributed by atoms with Crippen LogP contribution in [0.1, 0.15) is 11.1 Å². The van der Waals surface area contributed by atoms with Crippen molar-refractivity contribution in [2.75, 3.05) is 6.79 Å². The minimum Gasteiger partial charge on any atom is -0.454 e. The van der Waals surface area contributed by atoms with E-state index in [-0.39, 0.29) is 17.4 Å². The molecule has 1 aliphatic rings. The van der Waals surface area contributed by atoms with E-state index < -0.39 is 0 Å². The molecule has 0 fully saturated rings. The standard InChI is InChI=1S/C15H12ClNO4S/c1-9-2-3-15(12(4-9)17(18)19)22-7-10-5-13-14(6-11(10)16)21-8-20-13/h2-6H,7-8H2,1H3. The molecular formula is C15H12ClNO4S. The number of thioether (sulfide) groups is 1. The van der Waals surface area contributed by atoms with Gasteiger partial charge in [0.2, 0.25) is 6.79 Å². The van der Waals surface area contributed by atoms with E-state index in [1.54, 1.807) is 18.2 Å². The van der Waals surface area contributed by atoms with Gasteiger partial charge in [0.05, 0.1) is 9.82 Å². The van der Waals surface area contributed by atoms with Crippen molar-refractivity contribution in [3.05, 3.63) is 56.6 Å². The quantitative estimate of drug-likeness (QED) is 0.464. The van der Waals surface area contributed by atoms with Crippen molar-refractivity contribution in [3.63, 3.8) is 0 Å². The Morgan fingerprint density at radius 3 is 2.73 bits per heavy atom. The SMILES string of the molecule is Cc1ccc(SCc2cc3c(cc2Cl)OCO3)c([N+](=O)[O-])c1. The predicted molar refractivity (Wildman–Crippen MR) is 85.0 cm³/mol. The maximum atomic E-state index is 11.1. The van der Waals surface area contributed by atoms with Crippen LogP contribution in [-0.2, 0) is 5.75 Å². The summed E-state index contributed by atoms with van der Waals surface area (Å²) in [5.74, 6) is 1.79. The third kappa shape index (κ3) is 2.98. The van der Waals surface area contributed by atoms with E-state index in [2.05, 4.69) is 0 Å². The Kier molecular flexibility index (Phi) is 4.13. The van der Waals surface area contributed by atoms with Crippen LogP contribution < -0.4 is 9.47 Å². The second-order valence-corrected chi connectivity index (χ2v) is 6.24. The molecule has 0 radical (unpaired) electrons. The van der Waals surface area contributed by atoms with Gasteiger partial charge in [-0.2, -0.15) is 0 Å². The van der Waals surface area contributed by atoms with Crippen molar-refractivity contribution < 1.29 is 14.4 Å². The zero-order valence-electron chi connectivity index (χ0n) is 11.7. The number of nitrogens with zero attached hydrogens (tertiary/aromatic N) is 1. The van der Waals surface area contributed by atoms with Crippen molar-refractivity contribution >= 4 is 29.1 Å². The maximum absolute atomic E-state index is 11.1. The summed E-state index contributed by atoms with van der Waals surface area (Å²) in [7, 11) is 0. The van der Waals surface area contributed by atoms with Gasteiger partial charge in [-0.15, -0.1) is 11.8 Å². The summed E-state index contributed by atoms with van der Waals surface area (Å²) < 4.78 is 10.6. The Morgan fingerprint density at radius 2 is 2.00 bits per heavy atom. The monoisotopic (exact) mass is 337 g/mol. The molecule has 0 saturated heterocycles. The average Bonchev–Trinajstić information content (AvgIpc) is 2.92. The number of fused-ring (bicyclic) bond motifs is 1. The lowest BCUT2D eigenvalue weighted by Crippen LogP contribution is -1.93. The minimum atomic E-state index is -0.364. The maximum Gasteiger partial charge on any atom is 0.283 e. The summed E-state index contributed by atoms with van der Waals surface area (Å²) in [4.78, 5) is 11.4. The van der Waals surface area contributed by atoms with Crippen LogP contribution in [0.4, 0.5) is 5.69 Å². The summed E-state index contributed by atoms with van der Waals surface area (Å²) in [5.41, 5.74) is 1.82. The third-order valence-electron chi connectivity index (χ3n) is 3.24. The number of nitro benzene ring substituents is 1. The van der Waals surface area contributed by atoms with Gasteiger partial charge in [0.25, 0.3) is 5.69 Å². The van der Waals surface area contributed by atoms with Gasteiger partial charge in [-0.3, -0.25) is 10.1 Å². The van der Waals surface area contributed by atoms with E-state index in [0.717, 1.165) is 11.1 Å². The number of halogens is 1. The van der Waals surface area contributed by atoms with E-state index in [0.29, 0.717) is 27.2 Å². The van der Waals surface area contributed by atoms with Gasteiger partial charge in [0.1, 0.15) is 0 Å². The van der Waals surface area contributed by atoms with Crippen LogP contribution in [0.25, 0.3) is 0 Å². The van der Waals surface area contributed by atoms with Crippen LogP contribution in [0, 0.1) is 17.0 Å². The first-order valence-electron chi connectivity index (χ1n) is 6.50. The molecule has 0 N–H and O–H groups in total. The molecular weight excluding hydrogens is 326 g/mol. The summed E-state index contributed by atoms with van der Waals surface area (Å²) in [6, 6.07) is 8.72. The van der Waals surface area contributed by atoms with E-state index in [1.165, 1.54) is 11.8 Å². The molecule has 0 unspecified atom stereocenters. The number of rotatable bonds is 4. The lowest BCUT2D eigenvalue weighted by Gasteiger charge is -2.07. The van der Waals surface area contributed by atoms with Gasteiger partial charge in [-0.1, -0.05) is 17.7 Å². The van der Waals surface area contributed by atoms with E-state index >= 15 is 0 Å². The first-order valence-corrected chi connectivity index (χ1v) is 7.87. The van der Waals surface area contributed by atoms with Gasteiger partial charge >= 0.3 is 0 Å². The highest BCUT2D eigenvalue weighted by molar-refractivity contribution is 7.98. The van der Waals surface area contributed by atoms with Crippen molar-refractivity contribution in [1.82, 2.24) is 0 Å². The van der Waals surface area contributed by atoms with Gasteiger partial charge in [0, 0.05) is 22.9 Å². The lowest BCUT2D eigenvalue weighted by molar-refractivity contribution is -0.387. The minimum absolute atomic E-state index is 0.113. The summed E-state index contributed by atoms with van der Waals surface area (Å²) in [5, 5.41) is 11.7. The molecule has 0 atom stereocenters. The average molecular weight is 338 g/mol. The first-order chi connectivity index (χ1) is 10.5. The summed E-state index contributed by atoms with van der Waals surface area (Å²) >= 11 is 7.59. The van der Waals surface area contributed by atoms with Gasteiger partial charge in [-0.25, -0.2) is 0 Å². The van der Waals surface area contributed by atoms with Crippen molar-refractivity contribution in [1.29, 1.82) is 0 Å². The second-order valence-electron chi connectivity index (χ2n) is 4.81. The number of ether oxygens (including phenoxy) is 2. The third-order valence-corrected chi connectivity index (χ3v) is 4.70. The molecule has 0 bridgehead atoms. The molecule has 0 aromatic heterocycles. The highest BCUT2D eigenvalue weighted by Crippen LogP contribution is 2.40. The summed E-state index contributed by atoms with van der Waals surface area (Å²) in [6.07, 6.45) is 0. The number of benzene rings is 2. The zero-order chi connectivity index (χ0) is 15.7. The molecule has 5 nitrogen and oxygen atoms in total. The van der Waals surface area contributed by atoms with Crippen molar-refractivity contribution in [2.24, 2.45) is 0 Å². The highest BCUT2D eigenvalue weighted by Gasteiger charge is 2.18. The molecule has 3 rings (SSSR count). The molecule has 7 heteroatoms. The van der Waals surface area contributed by atoms with E-state index in [1.807, 2.05) is 19.1 Å². The molecule has 0 amide bonds. The van der Waals surface area contributed by atoms with Gasteiger partial charge in [-0.05, 0) is 30.2 Å². The Hall–Kier alpha value is -1.92. The highest BCUT2D eigenvalue weighted by atomic mass is 35.5. The normalized spacial score (nSPS) is 12.5. The number of hydrogen-bond donors (Lipinski definition) is 0. The zero-order valence-corrected chi connectivity index (χ0v) is 13.2. The van der Waals surface area contributed by atoms with Crippen LogP contribution in [0.2, 0.25) is 5.02 Å². The Morgan fingerprint density at radius 1 is 1.27 bits per heavy atom. The Balaban J connectivity index is 1.83. The number of aryl methyl sites for hydroxylation is 1. The molecule has 0 saturated carbocycles. The van der Waals surface area contributed by atoms with Crippen LogP contribution >= 0.6 is 23.4 Å². The Bertz CT molecular complexity index is 751. The smallest absolute Gasteiger partial charge is 0.283 e. The molecule has 0 spiro atoms. The fourth-order valence-corrected chi connectivity index (χ4v) is 3.41. The molecule has 1 aliphatic heterocycles. The summed E-state index contributed by atoms with van der Waals surface area (Å²) in [6.45, 7) is 2.02. The van der Waals surface area contributed by atoms with E-state index in [4.69, 9.17) is 21.1 Å². The van der Waals surface area contributed by atoms with Gasteiger partial charge in [0.15, 0.2) is 11.5 Å². The van der Waals surface area contributed by atoms with Gasteiger partial charge < -0.3 is 9.47 Å². The fraction of sp³-hybridized carbons (Fsp3) is 0.200. The largest absolute Gasteiger partial charge is 0.454 e. The molecule has 0 aliphatic carbocycles. The number of hydrogen-bond acceptors (Lipinski definition) is 5. The fourth-order valence-electron chi connectivity index (χ4n) is 2.12. The van der Waals surface area contributed by atoms with Crippen LogP contribution in [0.15, 0.2) is 35.2 Å². The van der Waals surface area contributed by atoms with Crippen LogP contribution in [0.5, 0.6) is 11.5 Å². The molecule has 22 heavy (non-hydrogen) atoms. The van der Waals surface area contributed by atoms with Crippen molar-refractivity contribution in [2.45, 2.75) is 17.6 Å². The topological polar surface area (TPSA) is 61.6 Å². The van der Waals surface area contributed by atoms with Crippen molar-refractivity contribution in [3.8, 4) is 11.5 Å². The second kappa shape index (κ2) is 6.06. The number of nitro groups is 1. The molecule has 2 aromatic carbocycles. The van der Waals surface area contributed by atoms with Crippen LogP contribution in [-0.4, -0.2) is 11.7 Å².